The van der Waals surface area contributed by atoms with E-state index >= 15 is 0 Å². The van der Waals surface area contributed by atoms with Crippen molar-refractivity contribution in [3.63, 3.8) is 0 Å². The highest BCUT2D eigenvalue weighted by molar-refractivity contribution is 5.43. The van der Waals surface area contributed by atoms with Gasteiger partial charge in [-0.2, -0.15) is 0 Å². The molecule has 0 saturated carbocycles. The Bertz CT molecular complexity index is 375. The lowest BCUT2D eigenvalue weighted by atomic mass is 9.98. The smallest absolute Gasteiger partial charge is 0.122 e. The summed E-state index contributed by atoms with van der Waals surface area (Å²) in [5.41, 5.74) is 3.81. The van der Waals surface area contributed by atoms with Crippen LogP contribution >= 0.6 is 0 Å². The monoisotopic (exact) mass is 236 g/mol. The molecule has 96 valence electrons. The van der Waals surface area contributed by atoms with E-state index in [2.05, 4.69) is 50.3 Å². The lowest BCUT2D eigenvalue weighted by Crippen LogP contribution is -2.29. The molecule has 0 aliphatic carbocycles. The molecule has 0 saturated heterocycles. The molecule has 1 atom stereocenters. The molecule has 0 heterocycles. The Balaban J connectivity index is 3.07. The summed E-state index contributed by atoms with van der Waals surface area (Å²) < 4.78 is 5.34. The molecule has 0 amide bonds. The second kappa shape index (κ2) is 6.03. The fourth-order valence-electron chi connectivity index (χ4n) is 2.12. The van der Waals surface area contributed by atoms with Crippen molar-refractivity contribution in [3.05, 3.63) is 28.8 Å². The summed E-state index contributed by atoms with van der Waals surface area (Å²) in [6, 6.07) is 4.69. The van der Waals surface area contributed by atoms with Gasteiger partial charge in [0.25, 0.3) is 0 Å². The molecule has 0 aliphatic heterocycles. The van der Waals surface area contributed by atoms with Crippen molar-refractivity contribution in [1.29, 1.82) is 0 Å². The molecule has 1 N–H and O–H groups in total. The Morgan fingerprint density at radius 1 is 1.24 bits per heavy atom. The number of hydrogen-bond donors (Lipinski definition) is 1. The van der Waals surface area contributed by atoms with Gasteiger partial charge in [-0.15, -0.1) is 0 Å². The third-order valence-electron chi connectivity index (χ3n) is 3.06. The largest absolute Gasteiger partial charge is 0.496 e. The maximum Gasteiger partial charge on any atom is 0.122 e. The first-order valence-electron chi connectivity index (χ1n) is 5.96. The van der Waals surface area contributed by atoms with E-state index in [1.165, 1.54) is 16.7 Å². The summed E-state index contributed by atoms with van der Waals surface area (Å²) in [4.78, 5) is 2.19. The SMILES string of the molecule is CNC(CN(C)C)c1cc(C)c(OC)cc1C. The highest BCUT2D eigenvalue weighted by Crippen LogP contribution is 2.26. The minimum absolute atomic E-state index is 0.356. The van der Waals surface area contributed by atoms with Crippen molar-refractivity contribution in [3.8, 4) is 5.75 Å². The van der Waals surface area contributed by atoms with Crippen LogP contribution in [0.5, 0.6) is 5.75 Å². The number of nitrogens with zero attached hydrogens (tertiary/aromatic N) is 1. The minimum atomic E-state index is 0.356. The number of ether oxygens (including phenoxy) is 1. The van der Waals surface area contributed by atoms with Crippen molar-refractivity contribution < 1.29 is 4.74 Å². The van der Waals surface area contributed by atoms with Gasteiger partial charge in [-0.3, -0.25) is 0 Å². The van der Waals surface area contributed by atoms with E-state index in [0.29, 0.717) is 6.04 Å². The number of methoxy groups -OCH3 is 1. The highest BCUT2D eigenvalue weighted by Gasteiger charge is 2.14. The van der Waals surface area contributed by atoms with Gasteiger partial charge < -0.3 is 15.0 Å². The van der Waals surface area contributed by atoms with E-state index < -0.39 is 0 Å². The number of nitrogens with one attached hydrogen (secondary N) is 1. The zero-order valence-corrected chi connectivity index (χ0v) is 11.8. The first kappa shape index (κ1) is 14.0. The second-order valence-corrected chi connectivity index (χ2v) is 4.78. The summed E-state index contributed by atoms with van der Waals surface area (Å²) in [5, 5.41) is 3.37. The van der Waals surface area contributed by atoms with Gasteiger partial charge in [-0.25, -0.2) is 0 Å². The molecule has 0 bridgehead atoms. The number of benzene rings is 1. The third-order valence-corrected chi connectivity index (χ3v) is 3.06. The Labute approximate surface area is 105 Å². The predicted octanol–water partition coefficient (Wildman–Crippen LogP) is 2.13. The van der Waals surface area contributed by atoms with Crippen LogP contribution in [-0.4, -0.2) is 39.7 Å². The van der Waals surface area contributed by atoms with Crippen LogP contribution in [0.25, 0.3) is 0 Å². The van der Waals surface area contributed by atoms with Gasteiger partial charge in [-0.05, 0) is 57.7 Å². The molecular formula is C14H24N2O. The summed E-state index contributed by atoms with van der Waals surface area (Å²) in [5.74, 6) is 0.964. The molecular weight excluding hydrogens is 212 g/mol. The Morgan fingerprint density at radius 3 is 2.35 bits per heavy atom. The molecule has 1 rings (SSSR count). The lowest BCUT2D eigenvalue weighted by molar-refractivity contribution is 0.351. The average molecular weight is 236 g/mol. The Kier molecular flexibility index (Phi) is 4.97. The first-order valence-corrected chi connectivity index (χ1v) is 5.96. The molecule has 0 fully saturated rings. The van der Waals surface area contributed by atoms with E-state index in [1.807, 2.05) is 7.05 Å². The van der Waals surface area contributed by atoms with E-state index in [4.69, 9.17) is 4.74 Å². The zero-order chi connectivity index (χ0) is 13.0. The van der Waals surface area contributed by atoms with Crippen LogP contribution < -0.4 is 10.1 Å². The van der Waals surface area contributed by atoms with E-state index in [-0.39, 0.29) is 0 Å². The van der Waals surface area contributed by atoms with Crippen molar-refractivity contribution in [2.24, 2.45) is 0 Å². The topological polar surface area (TPSA) is 24.5 Å². The number of hydrogen-bond acceptors (Lipinski definition) is 3. The predicted molar refractivity (Wildman–Crippen MR) is 72.8 cm³/mol. The minimum Gasteiger partial charge on any atom is -0.496 e. The Morgan fingerprint density at radius 2 is 1.88 bits per heavy atom. The van der Waals surface area contributed by atoms with Crippen molar-refractivity contribution in [2.75, 3.05) is 34.8 Å². The van der Waals surface area contributed by atoms with Crippen LogP contribution in [0.3, 0.4) is 0 Å². The van der Waals surface area contributed by atoms with Crippen LogP contribution in [0, 0.1) is 13.8 Å². The van der Waals surface area contributed by atoms with Crippen molar-refractivity contribution in [2.45, 2.75) is 19.9 Å². The fraction of sp³-hybridized carbons (Fsp3) is 0.571. The van der Waals surface area contributed by atoms with Crippen molar-refractivity contribution in [1.82, 2.24) is 10.2 Å². The molecule has 3 nitrogen and oxygen atoms in total. The summed E-state index contributed by atoms with van der Waals surface area (Å²) in [7, 11) is 7.91. The van der Waals surface area contributed by atoms with Gasteiger partial charge in [0.05, 0.1) is 7.11 Å². The molecule has 17 heavy (non-hydrogen) atoms. The fourth-order valence-corrected chi connectivity index (χ4v) is 2.12. The van der Waals surface area contributed by atoms with E-state index in [9.17, 15) is 0 Å². The quantitative estimate of drug-likeness (QED) is 0.847. The van der Waals surface area contributed by atoms with Crippen LogP contribution in [0.1, 0.15) is 22.7 Å². The van der Waals surface area contributed by atoms with Gasteiger partial charge >= 0.3 is 0 Å². The maximum absolute atomic E-state index is 5.34. The number of rotatable bonds is 5. The maximum atomic E-state index is 5.34. The van der Waals surface area contributed by atoms with Gasteiger partial charge in [0.2, 0.25) is 0 Å². The normalized spacial score (nSPS) is 12.9. The van der Waals surface area contributed by atoms with Crippen LogP contribution in [0.15, 0.2) is 12.1 Å². The van der Waals surface area contributed by atoms with Gasteiger partial charge in [0.15, 0.2) is 0 Å². The molecule has 1 aromatic carbocycles. The van der Waals surface area contributed by atoms with E-state index in [0.717, 1.165) is 12.3 Å². The first-order chi connectivity index (χ1) is 7.99. The van der Waals surface area contributed by atoms with E-state index in [1.54, 1.807) is 7.11 Å². The third kappa shape index (κ3) is 3.45. The molecule has 0 aromatic heterocycles. The molecule has 1 unspecified atom stereocenters. The molecule has 0 spiro atoms. The van der Waals surface area contributed by atoms with Crippen molar-refractivity contribution >= 4 is 0 Å². The molecule has 3 heteroatoms. The molecule has 0 aliphatic rings. The number of aryl methyl sites for hydroxylation is 2. The molecule has 1 aromatic rings. The van der Waals surface area contributed by atoms with Gasteiger partial charge in [-0.1, -0.05) is 6.07 Å². The standard InChI is InChI=1S/C14H24N2O/c1-10-8-14(17-6)11(2)7-12(10)13(15-3)9-16(4)5/h7-8,13,15H,9H2,1-6H3. The van der Waals surface area contributed by atoms with Gasteiger partial charge in [0, 0.05) is 12.6 Å². The lowest BCUT2D eigenvalue weighted by Gasteiger charge is -2.23. The summed E-state index contributed by atoms with van der Waals surface area (Å²) in [6.07, 6.45) is 0. The van der Waals surface area contributed by atoms with Crippen LogP contribution in [-0.2, 0) is 0 Å². The molecule has 0 radical (unpaired) electrons. The Hall–Kier alpha value is -1.06. The van der Waals surface area contributed by atoms with Crippen LogP contribution in [0.4, 0.5) is 0 Å². The second-order valence-electron chi connectivity index (χ2n) is 4.78. The van der Waals surface area contributed by atoms with Gasteiger partial charge in [0.1, 0.15) is 5.75 Å². The number of likely N-dealkylation sites (N-methyl/N-ethyl adjacent to an activating group) is 2. The highest BCUT2D eigenvalue weighted by atomic mass is 16.5. The summed E-state index contributed by atoms with van der Waals surface area (Å²) >= 11 is 0. The van der Waals surface area contributed by atoms with Crippen LogP contribution in [0.2, 0.25) is 0 Å². The average Bonchev–Trinajstić information content (AvgIpc) is 2.28. The zero-order valence-electron chi connectivity index (χ0n) is 11.8. The summed E-state index contributed by atoms with van der Waals surface area (Å²) in [6.45, 7) is 5.21.